The zero-order valence-electron chi connectivity index (χ0n) is 30.8. The number of carbonyl (C=O) groups excluding carboxylic acids is 5. The molecule has 0 spiro atoms. The number of likely N-dealkylation sites (tertiary alicyclic amines) is 1. The van der Waals surface area contributed by atoms with E-state index in [4.69, 9.17) is 0 Å². The number of nitrogens with one attached hydrogen (secondary N) is 3. The maximum absolute atomic E-state index is 13.7. The molecule has 1 atom stereocenters. The summed E-state index contributed by atoms with van der Waals surface area (Å²) in [4.78, 5) is 71.6. The van der Waals surface area contributed by atoms with Gasteiger partial charge in [0, 0.05) is 81.0 Å². The summed E-state index contributed by atoms with van der Waals surface area (Å²) in [6.45, 7) is 5.89. The van der Waals surface area contributed by atoms with Gasteiger partial charge in [0.1, 0.15) is 17.7 Å². The summed E-state index contributed by atoms with van der Waals surface area (Å²) in [6.07, 6.45) is 0.526. The predicted molar refractivity (Wildman–Crippen MR) is 206 cm³/mol. The minimum atomic E-state index is -0.982. The highest BCUT2D eigenvalue weighted by Gasteiger charge is 2.45. The van der Waals surface area contributed by atoms with Crippen LogP contribution >= 0.6 is 0 Å². The normalized spacial score (nSPS) is 19.2. The molecule has 1 unspecified atom stereocenters. The summed E-state index contributed by atoms with van der Waals surface area (Å²) in [7, 11) is 0. The van der Waals surface area contributed by atoms with E-state index in [-0.39, 0.29) is 24.3 Å². The second-order valence-corrected chi connectivity index (χ2v) is 15.1. The van der Waals surface area contributed by atoms with Crippen molar-refractivity contribution >= 4 is 51.9 Å². The average molecular weight is 773 g/mol. The highest BCUT2D eigenvalue weighted by molar-refractivity contribution is 6.23. The number of rotatable bonds is 9. The Hall–Kier alpha value is -6.32. The number of piperidine rings is 1. The molecule has 5 amide bonds. The molecule has 3 fully saturated rings. The van der Waals surface area contributed by atoms with Crippen molar-refractivity contribution < 1.29 is 32.8 Å². The van der Waals surface area contributed by atoms with Crippen LogP contribution in [0, 0.1) is 11.6 Å². The lowest BCUT2D eigenvalue weighted by molar-refractivity contribution is -0.136. The monoisotopic (exact) mass is 772 g/mol. The zero-order chi connectivity index (χ0) is 39.4. The van der Waals surface area contributed by atoms with Gasteiger partial charge in [-0.3, -0.25) is 49.1 Å². The largest absolute Gasteiger partial charge is 0.369 e. The van der Waals surface area contributed by atoms with E-state index in [2.05, 4.69) is 35.5 Å². The molecule has 57 heavy (non-hydrogen) atoms. The molecule has 9 rings (SSSR count). The van der Waals surface area contributed by atoms with Crippen molar-refractivity contribution in [2.24, 2.45) is 0 Å². The molecule has 4 aliphatic rings. The van der Waals surface area contributed by atoms with Crippen LogP contribution < -0.4 is 15.5 Å². The molecule has 0 radical (unpaired) electrons. The van der Waals surface area contributed by atoms with Gasteiger partial charge >= 0.3 is 0 Å². The molecule has 5 aromatic rings. The summed E-state index contributed by atoms with van der Waals surface area (Å²) in [6, 6.07) is 21.2. The van der Waals surface area contributed by atoms with Crippen LogP contribution in [0.2, 0.25) is 0 Å². The van der Waals surface area contributed by atoms with Crippen LogP contribution in [0.25, 0.3) is 10.9 Å². The van der Waals surface area contributed by atoms with Gasteiger partial charge in [0.25, 0.3) is 17.7 Å². The van der Waals surface area contributed by atoms with E-state index in [1.807, 2.05) is 36.4 Å². The second kappa shape index (κ2) is 14.6. The number of piperazine rings is 1. The SMILES string of the molecule is O=C1CCC(N2C(=O)c3ccc(CN4CC(N5CCN(c6ccc(C(=O)Nc7n[nH]c8ccc(Cc9cc(F)cc(F)c9)cc78)cc6)CC5)C4)cc3C2=O)C(=O)N1. The van der Waals surface area contributed by atoms with Crippen molar-refractivity contribution in [3.05, 3.63) is 124 Å². The van der Waals surface area contributed by atoms with Gasteiger partial charge in [0.15, 0.2) is 5.82 Å². The number of imide groups is 2. The first kappa shape index (κ1) is 36.3. The molecule has 290 valence electrons. The molecule has 13 nitrogen and oxygen atoms in total. The topological polar surface area (TPSA) is 151 Å². The van der Waals surface area contributed by atoms with Gasteiger partial charge in [-0.15, -0.1) is 0 Å². The van der Waals surface area contributed by atoms with E-state index in [0.717, 1.165) is 72.6 Å². The molecule has 4 aliphatic heterocycles. The molecule has 0 aliphatic carbocycles. The molecular formula is C42H38F2N8O5. The number of carbonyl (C=O) groups is 5. The van der Waals surface area contributed by atoms with E-state index in [0.29, 0.717) is 46.9 Å². The van der Waals surface area contributed by atoms with Crippen molar-refractivity contribution in [1.82, 2.24) is 30.2 Å². The van der Waals surface area contributed by atoms with E-state index in [1.165, 1.54) is 12.1 Å². The maximum Gasteiger partial charge on any atom is 0.262 e. The number of nitrogens with zero attached hydrogens (tertiary/aromatic N) is 5. The predicted octanol–water partition coefficient (Wildman–Crippen LogP) is 4.09. The third-order valence-electron chi connectivity index (χ3n) is 11.4. The van der Waals surface area contributed by atoms with E-state index in [9.17, 15) is 32.8 Å². The minimum absolute atomic E-state index is 0.0812. The van der Waals surface area contributed by atoms with Crippen molar-refractivity contribution in [2.75, 3.05) is 49.5 Å². The summed E-state index contributed by atoms with van der Waals surface area (Å²) < 4.78 is 27.4. The number of benzene rings is 4. The second-order valence-electron chi connectivity index (χ2n) is 15.1. The average Bonchev–Trinajstić information content (AvgIpc) is 3.68. The Labute approximate surface area is 325 Å². The number of hydrogen-bond donors (Lipinski definition) is 3. The van der Waals surface area contributed by atoms with Crippen LogP contribution in [0.4, 0.5) is 20.3 Å². The molecule has 15 heteroatoms. The minimum Gasteiger partial charge on any atom is -0.369 e. The molecule has 5 heterocycles. The van der Waals surface area contributed by atoms with Gasteiger partial charge < -0.3 is 10.2 Å². The molecule has 3 N–H and O–H groups in total. The highest BCUT2D eigenvalue weighted by atomic mass is 19.1. The van der Waals surface area contributed by atoms with Crippen LogP contribution in [0.15, 0.2) is 78.9 Å². The highest BCUT2D eigenvalue weighted by Crippen LogP contribution is 2.30. The Balaban J connectivity index is 0.751. The van der Waals surface area contributed by atoms with Crippen molar-refractivity contribution in [3.8, 4) is 0 Å². The fourth-order valence-electron chi connectivity index (χ4n) is 8.34. The third kappa shape index (κ3) is 7.15. The first-order valence-corrected chi connectivity index (χ1v) is 19.0. The van der Waals surface area contributed by atoms with Crippen molar-refractivity contribution in [2.45, 2.75) is 37.9 Å². The third-order valence-corrected chi connectivity index (χ3v) is 11.4. The molecular weight excluding hydrogens is 735 g/mol. The fourth-order valence-corrected chi connectivity index (χ4v) is 8.34. The van der Waals surface area contributed by atoms with E-state index >= 15 is 0 Å². The van der Waals surface area contributed by atoms with E-state index < -0.39 is 41.3 Å². The number of fused-ring (bicyclic) bond motifs is 2. The standard InChI is InChI=1S/C42H38F2N8O5/c43-28-16-26(17-29(44)20-28)15-24-2-8-35-34(18-24)38(48-47-35)46-39(54)27-3-5-30(6-4-27)50-11-13-51(14-12-50)31-22-49(23-31)21-25-1-7-32-33(19-25)42(57)52(41(32)56)36-9-10-37(53)45-40(36)55/h1-8,16-20,31,36H,9-15,21-23H2,(H,45,53,55)(H2,46,47,48,54). The number of aromatic nitrogens is 2. The van der Waals surface area contributed by atoms with Gasteiger partial charge in [-0.25, -0.2) is 8.78 Å². The van der Waals surface area contributed by atoms with Crippen LogP contribution in [0.5, 0.6) is 0 Å². The number of amides is 5. The molecule has 0 bridgehead atoms. The number of halogens is 2. The van der Waals surface area contributed by atoms with Gasteiger partial charge in [0.2, 0.25) is 11.8 Å². The number of H-pyrrole nitrogens is 1. The molecule has 0 saturated carbocycles. The van der Waals surface area contributed by atoms with Crippen LogP contribution in [0.3, 0.4) is 0 Å². The number of anilines is 2. The van der Waals surface area contributed by atoms with E-state index in [1.54, 1.807) is 24.3 Å². The Morgan fingerprint density at radius 2 is 1.51 bits per heavy atom. The quantitative estimate of drug-likeness (QED) is 0.188. The van der Waals surface area contributed by atoms with Gasteiger partial charge in [-0.2, -0.15) is 5.10 Å². The smallest absolute Gasteiger partial charge is 0.262 e. The summed E-state index contributed by atoms with van der Waals surface area (Å²) in [5.41, 5.74) is 5.06. The van der Waals surface area contributed by atoms with Crippen LogP contribution in [-0.2, 0) is 22.6 Å². The van der Waals surface area contributed by atoms with Gasteiger partial charge in [-0.1, -0.05) is 12.1 Å². The molecule has 4 aromatic carbocycles. The summed E-state index contributed by atoms with van der Waals surface area (Å²) >= 11 is 0. The Bertz CT molecular complexity index is 2440. The maximum atomic E-state index is 13.7. The van der Waals surface area contributed by atoms with Crippen molar-refractivity contribution in [1.29, 1.82) is 0 Å². The lowest BCUT2D eigenvalue weighted by Crippen LogP contribution is -2.62. The van der Waals surface area contributed by atoms with Crippen molar-refractivity contribution in [3.63, 3.8) is 0 Å². The summed E-state index contributed by atoms with van der Waals surface area (Å²) in [5, 5.41) is 13.0. The molecule has 1 aromatic heterocycles. The lowest BCUT2D eigenvalue weighted by atomic mass is 10.0. The van der Waals surface area contributed by atoms with Crippen LogP contribution in [0.1, 0.15) is 60.6 Å². The summed E-state index contributed by atoms with van der Waals surface area (Å²) in [5.74, 6) is -3.22. The number of aromatic amines is 1. The zero-order valence-corrected chi connectivity index (χ0v) is 30.8. The van der Waals surface area contributed by atoms with Gasteiger partial charge in [-0.05, 0) is 90.2 Å². The lowest BCUT2D eigenvalue weighted by Gasteiger charge is -2.48. The number of hydrogen-bond acceptors (Lipinski definition) is 9. The van der Waals surface area contributed by atoms with Crippen LogP contribution in [-0.4, -0.2) is 106 Å². The fraction of sp³-hybridized carbons (Fsp3) is 0.286. The Morgan fingerprint density at radius 3 is 2.25 bits per heavy atom. The van der Waals surface area contributed by atoms with Gasteiger partial charge in [0.05, 0.1) is 16.6 Å². The first-order chi connectivity index (χ1) is 27.6. The molecule has 3 saturated heterocycles. The first-order valence-electron chi connectivity index (χ1n) is 19.0. The Morgan fingerprint density at radius 1 is 0.789 bits per heavy atom. The Kier molecular flexibility index (Phi) is 9.33.